The lowest BCUT2D eigenvalue weighted by Crippen LogP contribution is -2.17. The lowest BCUT2D eigenvalue weighted by Gasteiger charge is -2.11. The van der Waals surface area contributed by atoms with Crippen molar-refractivity contribution in [3.63, 3.8) is 0 Å². The van der Waals surface area contributed by atoms with Gasteiger partial charge in [0.15, 0.2) is 11.0 Å². The van der Waals surface area contributed by atoms with Crippen molar-refractivity contribution in [3.8, 4) is 11.4 Å². The molecule has 4 rings (SSSR count). The van der Waals surface area contributed by atoms with E-state index in [1.165, 1.54) is 19.3 Å². The molecule has 0 fully saturated rings. The molecule has 8 heteroatoms. The van der Waals surface area contributed by atoms with Gasteiger partial charge in [-0.05, 0) is 49.7 Å². The lowest BCUT2D eigenvalue weighted by atomic mass is 10.2. The molecule has 0 saturated heterocycles. The fraction of sp³-hybridized carbons (Fsp3) is 0.333. The molecule has 166 valence electrons. The number of benzene rings is 1. The van der Waals surface area contributed by atoms with E-state index in [1.54, 1.807) is 22.2 Å². The van der Waals surface area contributed by atoms with Crippen molar-refractivity contribution in [2.75, 3.05) is 0 Å². The summed E-state index contributed by atoms with van der Waals surface area (Å²) in [5.74, 6) is 1.38. The Hall–Kier alpha value is -2.64. The standard InChI is InChI=1S/C24H26ClN5OS/c1-3-4-5-6-14-29-23(18-10-12-19(25)13-11-18)27-28-24(29)32-16-20-15-22(31)30-17(2)8-7-9-21(30)26-20/h7-13,15H,3-6,14,16H2,1-2H3. The summed E-state index contributed by atoms with van der Waals surface area (Å²) >= 11 is 7.62. The first kappa shape index (κ1) is 22.6. The van der Waals surface area contributed by atoms with Gasteiger partial charge in [-0.2, -0.15) is 0 Å². The highest BCUT2D eigenvalue weighted by molar-refractivity contribution is 7.98. The number of nitrogens with zero attached hydrogens (tertiary/aromatic N) is 5. The van der Waals surface area contributed by atoms with Crippen molar-refractivity contribution in [2.24, 2.45) is 0 Å². The highest BCUT2D eigenvalue weighted by Crippen LogP contribution is 2.27. The van der Waals surface area contributed by atoms with Crippen LogP contribution >= 0.6 is 23.4 Å². The summed E-state index contributed by atoms with van der Waals surface area (Å²) < 4.78 is 3.80. The molecule has 3 heterocycles. The quantitative estimate of drug-likeness (QED) is 0.230. The Bertz CT molecular complexity index is 1270. The van der Waals surface area contributed by atoms with Gasteiger partial charge in [-0.1, -0.05) is 55.6 Å². The number of rotatable bonds is 9. The van der Waals surface area contributed by atoms with Gasteiger partial charge in [0, 0.05) is 34.6 Å². The maximum absolute atomic E-state index is 12.6. The van der Waals surface area contributed by atoms with E-state index >= 15 is 0 Å². The lowest BCUT2D eigenvalue weighted by molar-refractivity contribution is 0.556. The average molecular weight is 468 g/mol. The van der Waals surface area contributed by atoms with Gasteiger partial charge in [-0.3, -0.25) is 9.20 Å². The van der Waals surface area contributed by atoms with E-state index < -0.39 is 0 Å². The van der Waals surface area contributed by atoms with Crippen LogP contribution in [0.15, 0.2) is 58.5 Å². The number of thioether (sulfide) groups is 1. The molecule has 0 N–H and O–H groups in total. The Balaban J connectivity index is 1.59. The highest BCUT2D eigenvalue weighted by atomic mass is 35.5. The first-order chi connectivity index (χ1) is 15.6. The van der Waals surface area contributed by atoms with Crippen molar-refractivity contribution in [1.82, 2.24) is 24.1 Å². The van der Waals surface area contributed by atoms with E-state index in [-0.39, 0.29) is 5.56 Å². The molecule has 0 aliphatic rings. The van der Waals surface area contributed by atoms with Crippen LogP contribution in [0.3, 0.4) is 0 Å². The van der Waals surface area contributed by atoms with Crippen LogP contribution in [0.5, 0.6) is 0 Å². The summed E-state index contributed by atoms with van der Waals surface area (Å²) in [6.07, 6.45) is 4.64. The topological polar surface area (TPSA) is 65.1 Å². The van der Waals surface area contributed by atoms with Gasteiger partial charge in [-0.25, -0.2) is 4.98 Å². The smallest absolute Gasteiger partial charge is 0.258 e. The molecule has 0 amide bonds. The summed E-state index contributed by atoms with van der Waals surface area (Å²) in [5.41, 5.74) is 3.20. The third kappa shape index (κ3) is 5.05. The number of pyridine rings is 1. The summed E-state index contributed by atoms with van der Waals surface area (Å²) in [5, 5.41) is 10.5. The maximum Gasteiger partial charge on any atom is 0.258 e. The molecule has 1 aromatic carbocycles. The fourth-order valence-corrected chi connectivity index (χ4v) is 4.67. The zero-order valence-electron chi connectivity index (χ0n) is 18.3. The third-order valence-corrected chi connectivity index (χ3v) is 6.59. The second-order valence-corrected chi connectivity index (χ2v) is 9.14. The van der Waals surface area contributed by atoms with Gasteiger partial charge in [-0.15, -0.1) is 10.2 Å². The molecule has 0 aliphatic carbocycles. The maximum atomic E-state index is 12.6. The fourth-order valence-electron chi connectivity index (χ4n) is 3.68. The number of hydrogen-bond acceptors (Lipinski definition) is 5. The van der Waals surface area contributed by atoms with Crippen LogP contribution in [-0.2, 0) is 12.3 Å². The van der Waals surface area contributed by atoms with Crippen LogP contribution in [0.1, 0.15) is 44.0 Å². The summed E-state index contributed by atoms with van der Waals surface area (Å²) in [7, 11) is 0. The van der Waals surface area contributed by atoms with Gasteiger partial charge in [0.1, 0.15) is 5.65 Å². The molecule has 4 aromatic rings. The van der Waals surface area contributed by atoms with Gasteiger partial charge in [0.25, 0.3) is 5.56 Å². The summed E-state index contributed by atoms with van der Waals surface area (Å²) in [4.78, 5) is 17.3. The van der Waals surface area contributed by atoms with Crippen LogP contribution in [0.4, 0.5) is 0 Å². The first-order valence-electron chi connectivity index (χ1n) is 10.9. The molecule has 32 heavy (non-hydrogen) atoms. The predicted molar refractivity (Wildman–Crippen MR) is 130 cm³/mol. The molecular weight excluding hydrogens is 442 g/mol. The molecule has 0 aliphatic heterocycles. The molecule has 0 atom stereocenters. The minimum atomic E-state index is -0.0633. The first-order valence-corrected chi connectivity index (χ1v) is 12.2. The molecule has 3 aromatic heterocycles. The van der Waals surface area contributed by atoms with Crippen molar-refractivity contribution in [3.05, 3.63) is 75.3 Å². The monoisotopic (exact) mass is 467 g/mol. The van der Waals surface area contributed by atoms with Crippen LogP contribution in [0.2, 0.25) is 5.02 Å². The number of hydrogen-bond donors (Lipinski definition) is 0. The Labute approximate surface area is 196 Å². The van der Waals surface area contributed by atoms with E-state index in [0.29, 0.717) is 16.4 Å². The van der Waals surface area contributed by atoms with Gasteiger partial charge >= 0.3 is 0 Å². The Morgan fingerprint density at radius 1 is 1.03 bits per heavy atom. The molecular formula is C24H26ClN5OS. The van der Waals surface area contributed by atoms with E-state index in [0.717, 1.165) is 40.9 Å². The second kappa shape index (κ2) is 10.3. The minimum absolute atomic E-state index is 0.0633. The van der Waals surface area contributed by atoms with Crippen molar-refractivity contribution in [1.29, 1.82) is 0 Å². The van der Waals surface area contributed by atoms with Crippen molar-refractivity contribution < 1.29 is 0 Å². The van der Waals surface area contributed by atoms with Crippen molar-refractivity contribution >= 4 is 29.0 Å². The summed E-state index contributed by atoms with van der Waals surface area (Å²) in [6.45, 7) is 4.96. The van der Waals surface area contributed by atoms with Crippen LogP contribution in [0, 0.1) is 6.92 Å². The predicted octanol–water partition coefficient (Wildman–Crippen LogP) is 5.79. The minimum Gasteiger partial charge on any atom is -0.302 e. The molecule has 0 bridgehead atoms. The molecule has 0 unspecified atom stereocenters. The van der Waals surface area contributed by atoms with Gasteiger partial charge in [0.2, 0.25) is 0 Å². The SMILES string of the molecule is CCCCCCn1c(SCc2cc(=O)n3c(C)cccc3n2)nnc1-c1ccc(Cl)cc1. The van der Waals surface area contributed by atoms with Crippen LogP contribution < -0.4 is 5.56 Å². The highest BCUT2D eigenvalue weighted by Gasteiger charge is 2.15. The molecule has 0 spiro atoms. The Kier molecular flexibility index (Phi) is 7.27. The number of aryl methyl sites for hydroxylation is 1. The number of halogens is 1. The van der Waals surface area contributed by atoms with Gasteiger partial charge < -0.3 is 4.57 Å². The van der Waals surface area contributed by atoms with Crippen molar-refractivity contribution in [2.45, 2.75) is 57.0 Å². The molecule has 0 radical (unpaired) electrons. The normalized spacial score (nSPS) is 11.3. The average Bonchev–Trinajstić information content (AvgIpc) is 3.18. The van der Waals surface area contributed by atoms with E-state index in [9.17, 15) is 4.79 Å². The van der Waals surface area contributed by atoms with Crippen LogP contribution in [-0.4, -0.2) is 24.1 Å². The third-order valence-electron chi connectivity index (χ3n) is 5.34. The molecule has 6 nitrogen and oxygen atoms in total. The second-order valence-electron chi connectivity index (χ2n) is 7.76. The van der Waals surface area contributed by atoms with E-state index in [4.69, 9.17) is 11.6 Å². The molecule has 0 saturated carbocycles. The Morgan fingerprint density at radius 2 is 1.84 bits per heavy atom. The van der Waals surface area contributed by atoms with E-state index in [2.05, 4.69) is 26.7 Å². The van der Waals surface area contributed by atoms with E-state index in [1.807, 2.05) is 49.4 Å². The Morgan fingerprint density at radius 3 is 2.62 bits per heavy atom. The zero-order valence-corrected chi connectivity index (χ0v) is 19.9. The number of unbranched alkanes of at least 4 members (excludes halogenated alkanes) is 3. The zero-order chi connectivity index (χ0) is 22.5. The number of fused-ring (bicyclic) bond motifs is 1. The van der Waals surface area contributed by atoms with Crippen LogP contribution in [0.25, 0.3) is 17.0 Å². The van der Waals surface area contributed by atoms with Gasteiger partial charge in [0.05, 0.1) is 5.69 Å². The number of aromatic nitrogens is 5. The largest absolute Gasteiger partial charge is 0.302 e. The summed E-state index contributed by atoms with van der Waals surface area (Å²) in [6, 6.07) is 15.0.